The number of fused-ring (bicyclic) bond motifs is 3. The van der Waals surface area contributed by atoms with Crippen LogP contribution in [0, 0.1) is 0 Å². The molecule has 0 radical (unpaired) electrons. The monoisotopic (exact) mass is 630 g/mol. The van der Waals surface area contributed by atoms with Crippen LogP contribution in [0.1, 0.15) is 5.48 Å². The fraction of sp³-hybridized carbons (Fsp3) is 0. The zero-order chi connectivity index (χ0) is 36.1. The summed E-state index contributed by atoms with van der Waals surface area (Å²) >= 11 is 0. The smallest absolute Gasteiger partial charge is 0.238 e. The molecule has 0 N–H and O–H groups in total. The molecule has 0 bridgehead atoms. The van der Waals surface area contributed by atoms with E-state index in [9.17, 15) is 1.37 Å². The Balaban J connectivity index is 1.30. The molecule has 0 unspecified atom stereocenters. The van der Waals surface area contributed by atoms with Gasteiger partial charge in [-0.2, -0.15) is 9.97 Å². The van der Waals surface area contributed by atoms with E-state index < -0.39 is 0 Å². The van der Waals surface area contributed by atoms with Crippen molar-refractivity contribution in [3.8, 4) is 62.1 Å². The lowest BCUT2D eigenvalue weighted by atomic mass is 9.94. The maximum Gasteiger partial charge on any atom is 0.238 e. The van der Waals surface area contributed by atoms with Gasteiger partial charge in [-0.25, -0.2) is 4.98 Å². The van der Waals surface area contributed by atoms with Gasteiger partial charge in [0.25, 0.3) is 0 Å². The molecule has 0 aliphatic rings. The van der Waals surface area contributed by atoms with Crippen LogP contribution in [0.25, 0.3) is 83.9 Å². The third-order valence-electron chi connectivity index (χ3n) is 8.83. The Kier molecular flexibility index (Phi) is 6.09. The number of hydrogen-bond donors (Lipinski definition) is 0. The molecule has 0 atom stereocenters. The van der Waals surface area contributed by atoms with Crippen LogP contribution in [0.5, 0.6) is 0 Å². The van der Waals surface area contributed by atoms with Crippen LogP contribution in [-0.2, 0) is 0 Å². The number of aromatic nitrogens is 4. The molecule has 4 heteroatoms. The lowest BCUT2D eigenvalue weighted by Crippen LogP contribution is -2.06. The molecule has 0 saturated heterocycles. The summed E-state index contributed by atoms with van der Waals surface area (Å²) in [6, 6.07) is 51.4. The zero-order valence-corrected chi connectivity index (χ0v) is 26.3. The third kappa shape index (κ3) is 5.26. The lowest BCUT2D eigenvalue weighted by Gasteiger charge is -2.12. The molecule has 0 spiro atoms. The molecule has 4 nitrogen and oxygen atoms in total. The number of rotatable bonds is 6. The van der Waals surface area contributed by atoms with Gasteiger partial charge >= 0.3 is 0 Å². The van der Waals surface area contributed by atoms with Crippen molar-refractivity contribution in [1.29, 1.82) is 0 Å². The van der Waals surface area contributed by atoms with E-state index in [1.807, 2.05) is 121 Å². The first-order valence-electron chi connectivity index (χ1n) is 18.1. The molecule has 49 heavy (non-hydrogen) atoms. The van der Waals surface area contributed by atoms with Gasteiger partial charge in [-0.15, -0.1) is 0 Å². The van der Waals surface area contributed by atoms with Crippen LogP contribution in [0.4, 0.5) is 0 Å². The Morgan fingerprint density at radius 3 is 1.55 bits per heavy atom. The molecular formula is C45H30N4. The maximum atomic E-state index is 9.17. The van der Waals surface area contributed by atoms with Crippen LogP contribution in [0.3, 0.4) is 0 Å². The van der Waals surface area contributed by atoms with Crippen molar-refractivity contribution in [3.05, 3.63) is 182 Å². The van der Waals surface area contributed by atoms with Crippen LogP contribution in [0.15, 0.2) is 182 Å². The molecule has 0 fully saturated rings. The molecule has 2 aromatic heterocycles. The standard InChI is InChI=1S/C45H30N4/c1-4-14-31(15-5-1)32-24-26-35(27-25-32)44-46-43(34-18-8-3-9-19-34)47-45(48-44)49-41-23-13-12-22-39(41)40-30-36(28-29-42(40)49)38-21-11-10-20-37(38)33-16-6-2-7-17-33/h1-30H/i12D,13D,22D,23D. The Hall–Kier alpha value is -6.65. The molecular weight excluding hydrogens is 597 g/mol. The van der Waals surface area contributed by atoms with E-state index in [0.717, 1.165) is 44.5 Å². The Bertz CT molecular complexity index is 2800. The molecule has 0 aliphatic heterocycles. The van der Waals surface area contributed by atoms with Gasteiger partial charge in [0.05, 0.1) is 16.5 Å². The van der Waals surface area contributed by atoms with Gasteiger partial charge in [0.2, 0.25) is 5.95 Å². The molecule has 230 valence electrons. The van der Waals surface area contributed by atoms with Crippen molar-refractivity contribution in [2.75, 3.05) is 0 Å². The summed E-state index contributed by atoms with van der Waals surface area (Å²) in [6.07, 6.45) is 0. The SMILES string of the molecule is [2H]c1c([2H])c([2H])c2c(c1[2H])c1cc(-c3ccccc3-c3ccccc3)ccc1n2-c1nc(-c2ccccc2)nc(-c2ccc(-c3ccccc3)cc2)n1. The summed E-state index contributed by atoms with van der Waals surface area (Å²) < 4.78 is 37.4. The fourth-order valence-electron chi connectivity index (χ4n) is 6.45. The largest absolute Gasteiger partial charge is 0.278 e. The van der Waals surface area contributed by atoms with Crippen LogP contribution >= 0.6 is 0 Å². The van der Waals surface area contributed by atoms with E-state index in [2.05, 4.69) is 36.4 Å². The summed E-state index contributed by atoms with van der Waals surface area (Å²) in [5.41, 5.74) is 8.77. The number of nitrogens with zero attached hydrogens (tertiary/aromatic N) is 4. The summed E-state index contributed by atoms with van der Waals surface area (Å²) in [5.74, 6) is 1.14. The molecule has 0 aliphatic carbocycles. The molecule has 7 aromatic carbocycles. The van der Waals surface area contributed by atoms with Gasteiger partial charge in [-0.3, -0.25) is 4.57 Å². The Morgan fingerprint density at radius 2 is 0.878 bits per heavy atom. The van der Waals surface area contributed by atoms with Crippen LogP contribution in [-0.4, -0.2) is 19.5 Å². The molecule has 9 rings (SSSR count). The second kappa shape index (κ2) is 12.2. The first kappa shape index (κ1) is 24.5. The lowest BCUT2D eigenvalue weighted by molar-refractivity contribution is 0.953. The minimum atomic E-state index is -0.324. The minimum Gasteiger partial charge on any atom is -0.278 e. The highest BCUT2D eigenvalue weighted by Crippen LogP contribution is 2.38. The molecule has 9 aromatic rings. The summed E-state index contributed by atoms with van der Waals surface area (Å²) in [6.45, 7) is 0. The van der Waals surface area contributed by atoms with E-state index in [1.165, 1.54) is 0 Å². The van der Waals surface area contributed by atoms with Crippen molar-refractivity contribution < 1.29 is 5.48 Å². The number of para-hydroxylation sites is 1. The average molecular weight is 631 g/mol. The van der Waals surface area contributed by atoms with E-state index in [4.69, 9.17) is 19.1 Å². The molecule has 0 saturated carbocycles. The van der Waals surface area contributed by atoms with Crippen molar-refractivity contribution in [2.45, 2.75) is 0 Å². The number of benzene rings is 7. The molecule has 2 heterocycles. The first-order valence-corrected chi connectivity index (χ1v) is 16.1. The topological polar surface area (TPSA) is 43.6 Å². The van der Waals surface area contributed by atoms with E-state index in [-0.39, 0.29) is 30.1 Å². The zero-order valence-electron chi connectivity index (χ0n) is 30.3. The van der Waals surface area contributed by atoms with Gasteiger partial charge in [-0.05, 0) is 51.6 Å². The third-order valence-corrected chi connectivity index (χ3v) is 8.83. The fourth-order valence-corrected chi connectivity index (χ4v) is 6.45. The number of hydrogen-bond acceptors (Lipinski definition) is 3. The summed E-state index contributed by atoms with van der Waals surface area (Å²) in [4.78, 5) is 14.9. The van der Waals surface area contributed by atoms with Crippen molar-refractivity contribution >= 4 is 21.8 Å². The average Bonchev–Trinajstić information content (AvgIpc) is 3.58. The van der Waals surface area contributed by atoms with Gasteiger partial charge in [-0.1, -0.05) is 164 Å². The van der Waals surface area contributed by atoms with Crippen molar-refractivity contribution in [1.82, 2.24) is 19.5 Å². The normalized spacial score (nSPS) is 12.4. The summed E-state index contributed by atoms with van der Waals surface area (Å²) in [5, 5.41) is 1.07. The van der Waals surface area contributed by atoms with Gasteiger partial charge in [0.15, 0.2) is 11.6 Å². The second-order valence-electron chi connectivity index (χ2n) is 11.8. The van der Waals surface area contributed by atoms with Crippen molar-refractivity contribution in [2.24, 2.45) is 0 Å². The highest BCUT2D eigenvalue weighted by Gasteiger charge is 2.19. The summed E-state index contributed by atoms with van der Waals surface area (Å²) in [7, 11) is 0. The highest BCUT2D eigenvalue weighted by atomic mass is 15.2. The Morgan fingerprint density at radius 1 is 0.388 bits per heavy atom. The maximum absolute atomic E-state index is 9.17. The highest BCUT2D eigenvalue weighted by molar-refractivity contribution is 6.10. The van der Waals surface area contributed by atoms with E-state index in [1.54, 1.807) is 4.57 Å². The quantitative estimate of drug-likeness (QED) is 0.184. The second-order valence-corrected chi connectivity index (χ2v) is 11.8. The predicted octanol–water partition coefficient (Wildman–Crippen LogP) is 11.3. The van der Waals surface area contributed by atoms with Crippen LogP contribution in [0.2, 0.25) is 0 Å². The predicted molar refractivity (Wildman–Crippen MR) is 201 cm³/mol. The van der Waals surface area contributed by atoms with E-state index in [0.29, 0.717) is 33.5 Å². The molecule has 0 amide bonds. The van der Waals surface area contributed by atoms with Gasteiger partial charge in [0.1, 0.15) is 0 Å². The Labute approximate surface area is 290 Å². The van der Waals surface area contributed by atoms with Crippen molar-refractivity contribution in [3.63, 3.8) is 0 Å². The van der Waals surface area contributed by atoms with Crippen LogP contribution < -0.4 is 0 Å². The van der Waals surface area contributed by atoms with Gasteiger partial charge in [0, 0.05) is 21.9 Å². The minimum absolute atomic E-state index is 0.118. The first-order chi connectivity index (χ1) is 26.0. The van der Waals surface area contributed by atoms with E-state index >= 15 is 0 Å². The van der Waals surface area contributed by atoms with Gasteiger partial charge < -0.3 is 0 Å².